The van der Waals surface area contributed by atoms with Crippen molar-refractivity contribution >= 4 is 5.91 Å². The highest BCUT2D eigenvalue weighted by Crippen LogP contribution is 2.49. The summed E-state index contributed by atoms with van der Waals surface area (Å²) in [6.07, 6.45) is 4.68. The lowest BCUT2D eigenvalue weighted by Crippen LogP contribution is -2.44. The molecule has 4 nitrogen and oxygen atoms in total. The maximum atomic E-state index is 13.1. The van der Waals surface area contributed by atoms with Crippen molar-refractivity contribution in [2.75, 3.05) is 20.2 Å². The lowest BCUT2D eigenvalue weighted by Gasteiger charge is -2.32. The van der Waals surface area contributed by atoms with Crippen LogP contribution in [0.5, 0.6) is 5.75 Å². The lowest BCUT2D eigenvalue weighted by atomic mass is 10.1. The summed E-state index contributed by atoms with van der Waals surface area (Å²) in [5.41, 5.74) is 1.25. The molecule has 4 atom stereocenters. The standard InChI is InChI=1S/C21H30N2O2/c1-14(2)23-16-7-8-17(23)13-22(10-9-16)21(24)20-12-19(20)15-5-4-6-18(11-15)25-3/h4-6,11,14,16-17,19-20H,7-10,12-13H2,1-3H3. The van der Waals surface area contributed by atoms with Crippen molar-refractivity contribution < 1.29 is 9.53 Å². The van der Waals surface area contributed by atoms with Gasteiger partial charge in [0.25, 0.3) is 0 Å². The molecule has 1 aromatic carbocycles. The van der Waals surface area contributed by atoms with E-state index in [1.807, 2.05) is 12.1 Å². The second-order valence-corrected chi connectivity index (χ2v) is 8.22. The highest BCUT2D eigenvalue weighted by molar-refractivity contribution is 5.83. The predicted octanol–water partition coefficient (Wildman–Crippen LogP) is 3.27. The molecule has 25 heavy (non-hydrogen) atoms. The minimum Gasteiger partial charge on any atom is -0.497 e. The number of carbonyl (C=O) groups is 1. The van der Waals surface area contributed by atoms with E-state index in [1.165, 1.54) is 18.4 Å². The fourth-order valence-electron chi connectivity index (χ4n) is 5.10. The van der Waals surface area contributed by atoms with Gasteiger partial charge in [0.2, 0.25) is 5.91 Å². The molecule has 4 rings (SSSR count). The molecule has 0 N–H and O–H groups in total. The van der Waals surface area contributed by atoms with Gasteiger partial charge in [0, 0.05) is 37.1 Å². The van der Waals surface area contributed by atoms with Crippen molar-refractivity contribution in [3.63, 3.8) is 0 Å². The van der Waals surface area contributed by atoms with E-state index in [0.717, 1.165) is 31.7 Å². The topological polar surface area (TPSA) is 32.8 Å². The Kier molecular flexibility index (Phi) is 4.48. The summed E-state index contributed by atoms with van der Waals surface area (Å²) in [6, 6.07) is 10.0. The fraction of sp³-hybridized carbons (Fsp3) is 0.667. The summed E-state index contributed by atoms with van der Waals surface area (Å²) in [7, 11) is 1.70. The summed E-state index contributed by atoms with van der Waals surface area (Å²) in [5, 5.41) is 0. The quantitative estimate of drug-likeness (QED) is 0.842. The molecule has 3 fully saturated rings. The second kappa shape index (κ2) is 6.64. The van der Waals surface area contributed by atoms with Gasteiger partial charge in [-0.05, 0) is 63.1 Å². The van der Waals surface area contributed by atoms with Crippen LogP contribution in [0.3, 0.4) is 0 Å². The van der Waals surface area contributed by atoms with Crippen molar-refractivity contribution in [3.8, 4) is 5.75 Å². The molecule has 2 bridgehead atoms. The van der Waals surface area contributed by atoms with Crippen molar-refractivity contribution in [1.82, 2.24) is 9.80 Å². The first kappa shape index (κ1) is 16.9. The smallest absolute Gasteiger partial charge is 0.226 e. The largest absolute Gasteiger partial charge is 0.497 e. The van der Waals surface area contributed by atoms with Crippen LogP contribution in [-0.4, -0.2) is 54.0 Å². The van der Waals surface area contributed by atoms with E-state index in [-0.39, 0.29) is 5.92 Å². The lowest BCUT2D eigenvalue weighted by molar-refractivity contribution is -0.133. The van der Waals surface area contributed by atoms with Gasteiger partial charge in [0.1, 0.15) is 5.75 Å². The number of carbonyl (C=O) groups excluding carboxylic acids is 1. The first-order valence-corrected chi connectivity index (χ1v) is 9.78. The Morgan fingerprint density at radius 1 is 1.20 bits per heavy atom. The third kappa shape index (κ3) is 3.17. The number of hydrogen-bond donors (Lipinski definition) is 0. The first-order valence-electron chi connectivity index (χ1n) is 9.78. The van der Waals surface area contributed by atoms with E-state index >= 15 is 0 Å². The maximum absolute atomic E-state index is 13.1. The molecule has 1 amide bonds. The summed E-state index contributed by atoms with van der Waals surface area (Å²) >= 11 is 0. The molecule has 0 spiro atoms. The highest BCUT2D eigenvalue weighted by atomic mass is 16.5. The van der Waals surface area contributed by atoms with E-state index in [4.69, 9.17) is 4.74 Å². The van der Waals surface area contributed by atoms with Crippen molar-refractivity contribution in [2.24, 2.45) is 5.92 Å². The molecule has 136 valence electrons. The Morgan fingerprint density at radius 2 is 2.00 bits per heavy atom. The molecule has 1 aliphatic carbocycles. The molecule has 2 aliphatic heterocycles. The molecule has 4 heteroatoms. The zero-order chi connectivity index (χ0) is 17.6. The Labute approximate surface area is 151 Å². The number of likely N-dealkylation sites (tertiary alicyclic amines) is 1. The Bertz CT molecular complexity index is 645. The molecule has 0 radical (unpaired) electrons. The van der Waals surface area contributed by atoms with Gasteiger partial charge in [-0.25, -0.2) is 0 Å². The number of rotatable bonds is 4. The van der Waals surface area contributed by atoms with Crippen LogP contribution in [-0.2, 0) is 4.79 Å². The van der Waals surface area contributed by atoms with Gasteiger partial charge in [0.05, 0.1) is 7.11 Å². The van der Waals surface area contributed by atoms with E-state index in [0.29, 0.717) is 30.0 Å². The van der Waals surface area contributed by atoms with Crippen LogP contribution in [0.15, 0.2) is 24.3 Å². The third-order valence-electron chi connectivity index (χ3n) is 6.38. The third-order valence-corrected chi connectivity index (χ3v) is 6.38. The first-order chi connectivity index (χ1) is 12.1. The number of amides is 1. The van der Waals surface area contributed by atoms with E-state index in [2.05, 4.69) is 35.8 Å². The van der Waals surface area contributed by atoms with Gasteiger partial charge >= 0.3 is 0 Å². The zero-order valence-corrected chi connectivity index (χ0v) is 15.6. The van der Waals surface area contributed by atoms with Crippen molar-refractivity contribution in [1.29, 1.82) is 0 Å². The summed E-state index contributed by atoms with van der Waals surface area (Å²) < 4.78 is 5.33. The van der Waals surface area contributed by atoms with Crippen LogP contribution >= 0.6 is 0 Å². The minimum atomic E-state index is 0.177. The fourth-order valence-corrected chi connectivity index (χ4v) is 5.10. The van der Waals surface area contributed by atoms with Crippen molar-refractivity contribution in [2.45, 2.75) is 63.6 Å². The second-order valence-electron chi connectivity index (χ2n) is 8.22. The number of fused-ring (bicyclic) bond motifs is 2. The van der Waals surface area contributed by atoms with Gasteiger partial charge in [0.15, 0.2) is 0 Å². The number of hydrogen-bond acceptors (Lipinski definition) is 3. The molecule has 1 saturated carbocycles. The van der Waals surface area contributed by atoms with E-state index in [1.54, 1.807) is 7.11 Å². The van der Waals surface area contributed by atoms with Crippen LogP contribution in [0.25, 0.3) is 0 Å². The SMILES string of the molecule is COc1cccc(C2CC2C(=O)N2CCC3CCC(C2)N3C(C)C)c1. The average Bonchev–Trinajstić information content (AvgIpc) is 3.33. The summed E-state index contributed by atoms with van der Waals surface area (Å²) in [5.74, 6) is 1.82. The number of ether oxygens (including phenoxy) is 1. The van der Waals surface area contributed by atoms with Gasteiger partial charge in [-0.1, -0.05) is 12.1 Å². The Balaban J connectivity index is 1.42. The molecule has 3 aliphatic rings. The molecular weight excluding hydrogens is 312 g/mol. The van der Waals surface area contributed by atoms with Gasteiger partial charge in [-0.15, -0.1) is 0 Å². The Hall–Kier alpha value is -1.55. The minimum absolute atomic E-state index is 0.177. The van der Waals surface area contributed by atoms with E-state index in [9.17, 15) is 4.79 Å². The van der Waals surface area contributed by atoms with Crippen LogP contribution in [0.2, 0.25) is 0 Å². The Morgan fingerprint density at radius 3 is 2.76 bits per heavy atom. The predicted molar refractivity (Wildman–Crippen MR) is 98.8 cm³/mol. The number of benzene rings is 1. The normalized spacial score (nSPS) is 31.9. The monoisotopic (exact) mass is 342 g/mol. The number of methoxy groups -OCH3 is 1. The van der Waals surface area contributed by atoms with Crippen LogP contribution in [0.1, 0.15) is 51.0 Å². The van der Waals surface area contributed by atoms with Crippen LogP contribution in [0.4, 0.5) is 0 Å². The van der Waals surface area contributed by atoms with Gasteiger partial charge in [-0.2, -0.15) is 0 Å². The van der Waals surface area contributed by atoms with Gasteiger partial charge in [-0.3, -0.25) is 9.69 Å². The van der Waals surface area contributed by atoms with E-state index < -0.39 is 0 Å². The summed E-state index contributed by atoms with van der Waals surface area (Å²) in [4.78, 5) is 17.9. The van der Waals surface area contributed by atoms with Crippen LogP contribution in [0, 0.1) is 5.92 Å². The molecule has 4 unspecified atom stereocenters. The molecular formula is C21H30N2O2. The molecule has 1 aromatic rings. The molecule has 2 heterocycles. The maximum Gasteiger partial charge on any atom is 0.226 e. The van der Waals surface area contributed by atoms with Gasteiger partial charge < -0.3 is 9.64 Å². The summed E-state index contributed by atoms with van der Waals surface area (Å²) in [6.45, 7) is 6.45. The number of nitrogens with zero attached hydrogens (tertiary/aromatic N) is 2. The average molecular weight is 342 g/mol. The highest BCUT2D eigenvalue weighted by Gasteiger charge is 2.48. The van der Waals surface area contributed by atoms with Crippen molar-refractivity contribution in [3.05, 3.63) is 29.8 Å². The zero-order valence-electron chi connectivity index (χ0n) is 15.6. The molecule has 0 aromatic heterocycles. The molecule has 2 saturated heterocycles. The van der Waals surface area contributed by atoms with Crippen LogP contribution < -0.4 is 4.74 Å².